The third-order valence-corrected chi connectivity index (χ3v) is 5.30. The Kier molecular flexibility index (Phi) is 5.97. The number of nitrogens with one attached hydrogen (secondary N) is 1. The molecule has 1 aromatic heterocycles. The molecule has 0 unspecified atom stereocenters. The summed E-state index contributed by atoms with van der Waals surface area (Å²) in [5.41, 5.74) is 2.38. The fraction of sp³-hybridized carbons (Fsp3) is 0.280. The Bertz CT molecular complexity index is 1180. The molecule has 5 heteroatoms. The lowest BCUT2D eigenvalue weighted by atomic mass is 10.0. The minimum Gasteiger partial charge on any atom is -0.368 e. The van der Waals surface area contributed by atoms with Gasteiger partial charge in [-0.2, -0.15) is 0 Å². The quantitative estimate of drug-likeness (QED) is 0.684. The number of benzene rings is 2. The first kappa shape index (κ1) is 19.9. The molecule has 1 fully saturated rings. The fourth-order valence-corrected chi connectivity index (χ4v) is 3.81. The molecule has 3 aromatic rings. The lowest BCUT2D eigenvalue weighted by molar-refractivity contribution is -0.129. The van der Waals surface area contributed by atoms with Gasteiger partial charge >= 0.3 is 0 Å². The zero-order valence-electron chi connectivity index (χ0n) is 17.0. The predicted molar refractivity (Wildman–Crippen MR) is 118 cm³/mol. The highest BCUT2D eigenvalue weighted by Crippen LogP contribution is 2.19. The number of ether oxygens (including phenoxy) is 1. The van der Waals surface area contributed by atoms with Crippen molar-refractivity contribution in [3.63, 3.8) is 0 Å². The van der Waals surface area contributed by atoms with Crippen LogP contribution in [0.5, 0.6) is 0 Å². The molecule has 2 aromatic carbocycles. The minimum atomic E-state index is -0.366. The Balaban J connectivity index is 1.68. The first-order chi connectivity index (χ1) is 14.7. The summed E-state index contributed by atoms with van der Waals surface area (Å²) in [6, 6.07) is 17.4. The second-order valence-electron chi connectivity index (χ2n) is 7.26. The first-order valence-electron chi connectivity index (χ1n) is 10.3. The van der Waals surface area contributed by atoms with Gasteiger partial charge in [0, 0.05) is 23.6 Å². The van der Waals surface area contributed by atoms with E-state index in [1.165, 1.54) is 0 Å². The third kappa shape index (κ3) is 4.00. The van der Waals surface area contributed by atoms with Crippen LogP contribution in [0.1, 0.15) is 31.0 Å². The van der Waals surface area contributed by atoms with Gasteiger partial charge in [-0.3, -0.25) is 14.2 Å². The number of hydrogen-bond acceptors (Lipinski definition) is 3. The number of amides is 1. The van der Waals surface area contributed by atoms with Crippen molar-refractivity contribution < 1.29 is 9.53 Å². The highest BCUT2D eigenvalue weighted by atomic mass is 16.5. The molecule has 1 aliphatic rings. The normalized spacial score (nSPS) is 15.6. The van der Waals surface area contributed by atoms with Crippen molar-refractivity contribution in [1.29, 1.82) is 0 Å². The minimum absolute atomic E-state index is 0.0798. The molecule has 1 N–H and O–H groups in total. The monoisotopic (exact) mass is 400 g/mol. The maximum Gasteiger partial charge on any atom is 0.264 e. The Labute approximate surface area is 175 Å². The van der Waals surface area contributed by atoms with Crippen LogP contribution in [0.25, 0.3) is 16.5 Å². The number of pyridine rings is 1. The summed E-state index contributed by atoms with van der Waals surface area (Å²) in [6.45, 7) is 2.89. The van der Waals surface area contributed by atoms with Crippen LogP contribution in [-0.2, 0) is 16.0 Å². The number of rotatable bonds is 4. The van der Waals surface area contributed by atoms with Gasteiger partial charge in [-0.1, -0.05) is 49.1 Å². The van der Waals surface area contributed by atoms with E-state index in [2.05, 4.69) is 17.2 Å². The summed E-state index contributed by atoms with van der Waals surface area (Å²) >= 11 is 0. The lowest BCUT2D eigenvalue weighted by Gasteiger charge is -2.14. The molecule has 152 valence electrons. The smallest absolute Gasteiger partial charge is 0.264 e. The maximum absolute atomic E-state index is 13.5. The molecule has 0 aliphatic carbocycles. The van der Waals surface area contributed by atoms with E-state index in [0.29, 0.717) is 17.6 Å². The number of carbonyl (C=O) groups excluding carboxylic acids is 1. The van der Waals surface area contributed by atoms with E-state index < -0.39 is 0 Å². The Morgan fingerprint density at radius 1 is 1.20 bits per heavy atom. The molecule has 0 spiro atoms. The highest BCUT2D eigenvalue weighted by Gasteiger charge is 2.22. The number of aryl methyl sites for hydroxylation is 1. The summed E-state index contributed by atoms with van der Waals surface area (Å²) < 4.78 is 7.13. The van der Waals surface area contributed by atoms with Crippen LogP contribution in [0.4, 0.5) is 0 Å². The van der Waals surface area contributed by atoms with E-state index >= 15 is 0 Å². The number of para-hydroxylation sites is 1. The molecule has 1 atom stereocenters. The van der Waals surface area contributed by atoms with E-state index in [1.807, 2.05) is 61.5 Å². The number of aromatic nitrogens is 1. The van der Waals surface area contributed by atoms with Gasteiger partial charge in [-0.05, 0) is 48.9 Å². The van der Waals surface area contributed by atoms with Crippen LogP contribution in [0.15, 0.2) is 59.4 Å². The van der Waals surface area contributed by atoms with Gasteiger partial charge in [0.25, 0.3) is 5.56 Å². The highest BCUT2D eigenvalue weighted by molar-refractivity contribution is 5.88. The topological polar surface area (TPSA) is 60.3 Å². The van der Waals surface area contributed by atoms with Crippen molar-refractivity contribution in [2.24, 2.45) is 0 Å². The third-order valence-electron chi connectivity index (χ3n) is 5.30. The average Bonchev–Trinajstić information content (AvgIpc) is 3.32. The average molecular weight is 400 g/mol. The van der Waals surface area contributed by atoms with Crippen molar-refractivity contribution in [2.45, 2.75) is 32.3 Å². The summed E-state index contributed by atoms with van der Waals surface area (Å²) in [4.78, 5) is 25.5. The van der Waals surface area contributed by atoms with Gasteiger partial charge in [0.15, 0.2) is 0 Å². The molecule has 4 rings (SSSR count). The fourth-order valence-electron chi connectivity index (χ4n) is 3.81. The van der Waals surface area contributed by atoms with Gasteiger partial charge in [-0.15, -0.1) is 0 Å². The lowest BCUT2D eigenvalue weighted by Crippen LogP contribution is -2.34. The molecule has 0 bridgehead atoms. The Hall–Kier alpha value is -3.36. The Morgan fingerprint density at radius 2 is 2.03 bits per heavy atom. The van der Waals surface area contributed by atoms with Crippen molar-refractivity contribution in [3.05, 3.63) is 76.2 Å². The van der Waals surface area contributed by atoms with Gasteiger partial charge in [0.2, 0.25) is 5.91 Å². The summed E-state index contributed by atoms with van der Waals surface area (Å²) in [5, 5.41) is 4.26. The number of nitrogens with zero attached hydrogens (tertiary/aromatic N) is 1. The van der Waals surface area contributed by atoms with Crippen molar-refractivity contribution in [3.8, 4) is 17.5 Å². The van der Waals surface area contributed by atoms with E-state index in [9.17, 15) is 9.59 Å². The molecular weight excluding hydrogens is 376 g/mol. The molecule has 1 aliphatic heterocycles. The standard InChI is InChI=1S/C25H24N2O3/c1-2-20-17-19-10-6-9-18(11-7-15-26-24(28)22-14-8-16-30-22)23(19)25(29)27(20)21-12-4-3-5-13-21/h3-6,9-10,12-13,17,22H,2,8,14-16H2,1H3,(H,26,28)/t22-/m1/s1. The molecule has 0 radical (unpaired) electrons. The molecule has 30 heavy (non-hydrogen) atoms. The number of hydrogen-bond donors (Lipinski definition) is 1. The first-order valence-corrected chi connectivity index (χ1v) is 10.3. The van der Waals surface area contributed by atoms with Crippen LogP contribution < -0.4 is 10.9 Å². The van der Waals surface area contributed by atoms with E-state index in [0.717, 1.165) is 36.0 Å². The van der Waals surface area contributed by atoms with Crippen molar-refractivity contribution in [1.82, 2.24) is 9.88 Å². The van der Waals surface area contributed by atoms with E-state index in [4.69, 9.17) is 4.74 Å². The van der Waals surface area contributed by atoms with Crippen LogP contribution >= 0.6 is 0 Å². The van der Waals surface area contributed by atoms with Gasteiger partial charge < -0.3 is 10.1 Å². The largest absolute Gasteiger partial charge is 0.368 e. The molecule has 0 saturated carbocycles. The van der Waals surface area contributed by atoms with Crippen LogP contribution in [-0.4, -0.2) is 29.7 Å². The molecular formula is C25H24N2O3. The second kappa shape index (κ2) is 8.98. The van der Waals surface area contributed by atoms with Crippen LogP contribution in [0.3, 0.4) is 0 Å². The van der Waals surface area contributed by atoms with Crippen LogP contribution in [0, 0.1) is 11.8 Å². The number of carbonyl (C=O) groups is 1. The predicted octanol–water partition coefficient (Wildman–Crippen LogP) is 3.20. The van der Waals surface area contributed by atoms with Gasteiger partial charge in [0.1, 0.15) is 6.10 Å². The number of fused-ring (bicyclic) bond motifs is 1. The van der Waals surface area contributed by atoms with E-state index in [1.54, 1.807) is 4.57 Å². The Morgan fingerprint density at radius 3 is 2.77 bits per heavy atom. The summed E-state index contributed by atoms with van der Waals surface area (Å²) in [5.74, 6) is 5.92. The SMILES string of the molecule is CCc1cc2cccc(C#CCNC(=O)[C@H]3CCCO3)c2c(=O)n1-c1ccccc1. The van der Waals surface area contributed by atoms with Gasteiger partial charge in [-0.25, -0.2) is 0 Å². The zero-order chi connectivity index (χ0) is 20.9. The molecule has 2 heterocycles. The van der Waals surface area contributed by atoms with Gasteiger partial charge in [0.05, 0.1) is 11.9 Å². The molecule has 5 nitrogen and oxygen atoms in total. The zero-order valence-corrected chi connectivity index (χ0v) is 17.0. The van der Waals surface area contributed by atoms with Crippen molar-refractivity contribution >= 4 is 16.7 Å². The second-order valence-corrected chi connectivity index (χ2v) is 7.26. The van der Waals surface area contributed by atoms with E-state index in [-0.39, 0.29) is 24.1 Å². The molecule has 1 saturated heterocycles. The summed E-state index contributed by atoms with van der Waals surface area (Å²) in [7, 11) is 0. The molecule has 1 amide bonds. The summed E-state index contributed by atoms with van der Waals surface area (Å²) in [6.07, 6.45) is 2.04. The van der Waals surface area contributed by atoms with Crippen LogP contribution in [0.2, 0.25) is 0 Å². The maximum atomic E-state index is 13.5. The van der Waals surface area contributed by atoms with Crippen molar-refractivity contribution in [2.75, 3.05) is 13.2 Å².